The zero-order valence-corrected chi connectivity index (χ0v) is 11.3. The molecule has 0 amide bonds. The fourth-order valence-electron chi connectivity index (χ4n) is 2.92. The monoisotopic (exact) mass is 282 g/mol. The maximum atomic E-state index is 13.9. The molecule has 0 aliphatic carbocycles. The van der Waals surface area contributed by atoms with E-state index in [0.717, 1.165) is 12.8 Å². The van der Waals surface area contributed by atoms with E-state index in [2.05, 4.69) is 0 Å². The van der Waals surface area contributed by atoms with Crippen molar-refractivity contribution in [2.75, 3.05) is 19.8 Å². The van der Waals surface area contributed by atoms with Gasteiger partial charge in [-0.15, -0.1) is 0 Å². The quantitative estimate of drug-likeness (QED) is 0.921. The van der Waals surface area contributed by atoms with Crippen LogP contribution in [0, 0.1) is 5.82 Å². The summed E-state index contributed by atoms with van der Waals surface area (Å²) >= 11 is 0. The number of hydrogen-bond donors (Lipinski definition) is 1. The van der Waals surface area contributed by atoms with E-state index in [1.54, 1.807) is 12.1 Å². The molecule has 1 spiro atoms. The smallest absolute Gasteiger partial charge is 0.165 e. The van der Waals surface area contributed by atoms with Crippen molar-refractivity contribution in [1.82, 2.24) is 0 Å². The van der Waals surface area contributed by atoms with Crippen molar-refractivity contribution in [2.45, 2.75) is 37.6 Å². The lowest BCUT2D eigenvalue weighted by Gasteiger charge is -2.37. The third kappa shape index (κ3) is 2.66. The molecule has 2 fully saturated rings. The fourth-order valence-corrected chi connectivity index (χ4v) is 2.92. The van der Waals surface area contributed by atoms with E-state index in [-0.39, 0.29) is 24.1 Å². The van der Waals surface area contributed by atoms with Gasteiger partial charge in [0.05, 0.1) is 25.4 Å². The number of rotatable bonds is 3. The van der Waals surface area contributed by atoms with Gasteiger partial charge in [0.2, 0.25) is 0 Å². The lowest BCUT2D eigenvalue weighted by Crippen LogP contribution is -2.44. The van der Waals surface area contributed by atoms with Gasteiger partial charge in [-0.2, -0.15) is 0 Å². The summed E-state index contributed by atoms with van der Waals surface area (Å²) in [5, 5.41) is 9.29. The Bertz CT molecular complexity index is 471. The van der Waals surface area contributed by atoms with Gasteiger partial charge >= 0.3 is 0 Å². The molecule has 2 aliphatic rings. The predicted octanol–water partition coefficient (Wildman–Crippen LogP) is 2.03. The summed E-state index contributed by atoms with van der Waals surface area (Å²) in [5.41, 5.74) is 0.210. The van der Waals surface area contributed by atoms with Crippen molar-refractivity contribution in [1.29, 1.82) is 0 Å². The van der Waals surface area contributed by atoms with E-state index in [1.165, 1.54) is 6.07 Å². The van der Waals surface area contributed by atoms with E-state index < -0.39 is 5.82 Å². The van der Waals surface area contributed by atoms with Crippen LogP contribution in [0.25, 0.3) is 0 Å². The second kappa shape index (κ2) is 5.68. The summed E-state index contributed by atoms with van der Waals surface area (Å²) in [6.45, 7) is 1.65. The summed E-state index contributed by atoms with van der Waals surface area (Å²) in [6, 6.07) is 4.60. The molecule has 2 unspecified atom stereocenters. The molecule has 2 heterocycles. The van der Waals surface area contributed by atoms with Crippen LogP contribution in [0.5, 0.6) is 5.75 Å². The topological polar surface area (TPSA) is 47.9 Å². The Morgan fingerprint density at radius 1 is 1.40 bits per heavy atom. The summed E-state index contributed by atoms with van der Waals surface area (Å²) < 4.78 is 30.9. The van der Waals surface area contributed by atoms with E-state index >= 15 is 0 Å². The molecule has 3 rings (SSSR count). The van der Waals surface area contributed by atoms with Crippen LogP contribution >= 0.6 is 0 Å². The zero-order chi connectivity index (χ0) is 14.0. The van der Waals surface area contributed by atoms with Gasteiger partial charge < -0.3 is 19.3 Å². The van der Waals surface area contributed by atoms with Crippen molar-refractivity contribution in [3.8, 4) is 5.75 Å². The molecule has 0 bridgehead atoms. The van der Waals surface area contributed by atoms with Crippen LogP contribution in [-0.2, 0) is 16.1 Å². The van der Waals surface area contributed by atoms with Crippen molar-refractivity contribution in [3.05, 3.63) is 29.6 Å². The fraction of sp³-hybridized carbons (Fsp3) is 0.600. The molecular weight excluding hydrogens is 263 g/mol. The zero-order valence-electron chi connectivity index (χ0n) is 11.3. The van der Waals surface area contributed by atoms with Gasteiger partial charge in [0.1, 0.15) is 6.10 Å². The highest BCUT2D eigenvalue weighted by Crippen LogP contribution is 2.35. The Morgan fingerprint density at radius 2 is 2.30 bits per heavy atom. The molecule has 0 aromatic heterocycles. The highest BCUT2D eigenvalue weighted by Gasteiger charge is 2.42. The maximum absolute atomic E-state index is 13.9. The molecule has 0 saturated carbocycles. The molecule has 20 heavy (non-hydrogen) atoms. The Hall–Kier alpha value is -1.17. The van der Waals surface area contributed by atoms with Crippen molar-refractivity contribution >= 4 is 0 Å². The van der Waals surface area contributed by atoms with Crippen LogP contribution in [0.15, 0.2) is 18.2 Å². The van der Waals surface area contributed by atoms with E-state index in [4.69, 9.17) is 14.2 Å². The number of ether oxygens (including phenoxy) is 3. The predicted molar refractivity (Wildman–Crippen MR) is 70.1 cm³/mol. The Morgan fingerprint density at radius 3 is 3.05 bits per heavy atom. The van der Waals surface area contributed by atoms with Crippen LogP contribution < -0.4 is 4.74 Å². The van der Waals surface area contributed by atoms with Crippen molar-refractivity contribution < 1.29 is 23.7 Å². The van der Waals surface area contributed by atoms with Crippen LogP contribution in [0.1, 0.15) is 24.8 Å². The minimum Gasteiger partial charge on any atom is -0.487 e. The Labute approximate surface area is 117 Å². The van der Waals surface area contributed by atoms with Gasteiger partial charge in [-0.1, -0.05) is 12.1 Å². The minimum atomic E-state index is -0.431. The van der Waals surface area contributed by atoms with Crippen molar-refractivity contribution in [3.63, 3.8) is 0 Å². The van der Waals surface area contributed by atoms with Gasteiger partial charge in [-0.25, -0.2) is 4.39 Å². The highest BCUT2D eigenvalue weighted by atomic mass is 19.1. The number of halogens is 1. The molecule has 2 saturated heterocycles. The van der Waals surface area contributed by atoms with Crippen LogP contribution in [0.3, 0.4) is 0 Å². The summed E-state index contributed by atoms with van der Waals surface area (Å²) in [4.78, 5) is 0. The first kappa shape index (κ1) is 13.8. The average molecular weight is 282 g/mol. The van der Waals surface area contributed by atoms with Crippen LogP contribution in [-0.4, -0.2) is 36.6 Å². The standard InChI is InChI=1S/C15H19FO4/c16-13-3-1-2-11(9-17)14(13)20-12-4-6-19-15(8-12)5-7-18-10-15/h1-3,12,17H,4-10H2. The lowest BCUT2D eigenvalue weighted by molar-refractivity contribution is -0.112. The number of aliphatic hydroxyl groups excluding tert-OH is 1. The SMILES string of the molecule is OCc1cccc(F)c1OC1CCOC2(CCOC2)C1. The Balaban J connectivity index is 1.74. The van der Waals surface area contributed by atoms with Gasteiger partial charge in [-0.3, -0.25) is 0 Å². The first-order valence-electron chi connectivity index (χ1n) is 6.99. The normalized spacial score (nSPS) is 29.8. The third-order valence-electron chi connectivity index (χ3n) is 4.02. The van der Waals surface area contributed by atoms with Gasteiger partial charge in [0.15, 0.2) is 11.6 Å². The molecule has 1 N–H and O–H groups in total. The van der Waals surface area contributed by atoms with Crippen molar-refractivity contribution in [2.24, 2.45) is 0 Å². The molecule has 1 aromatic rings. The van der Waals surface area contributed by atoms with Gasteiger partial charge in [0.25, 0.3) is 0 Å². The first-order chi connectivity index (χ1) is 9.72. The van der Waals surface area contributed by atoms with Gasteiger partial charge in [0, 0.05) is 31.4 Å². The second-order valence-corrected chi connectivity index (χ2v) is 5.45. The molecule has 0 radical (unpaired) electrons. The van der Waals surface area contributed by atoms with Crippen LogP contribution in [0.2, 0.25) is 0 Å². The second-order valence-electron chi connectivity index (χ2n) is 5.45. The number of benzene rings is 1. The molecule has 1 aromatic carbocycles. The number of hydrogen-bond acceptors (Lipinski definition) is 4. The first-order valence-corrected chi connectivity index (χ1v) is 6.99. The molecular formula is C15H19FO4. The lowest BCUT2D eigenvalue weighted by atomic mass is 9.91. The molecule has 2 aliphatic heterocycles. The average Bonchev–Trinajstić information content (AvgIpc) is 2.89. The highest BCUT2D eigenvalue weighted by molar-refractivity contribution is 5.34. The summed E-state index contributed by atoms with van der Waals surface area (Å²) in [7, 11) is 0. The number of aliphatic hydroxyl groups is 1. The third-order valence-corrected chi connectivity index (χ3v) is 4.02. The molecule has 5 heteroatoms. The minimum absolute atomic E-state index is 0.104. The summed E-state index contributed by atoms with van der Waals surface area (Å²) in [5.74, 6) is -0.268. The van der Waals surface area contributed by atoms with E-state index in [1.807, 2.05) is 0 Å². The summed E-state index contributed by atoms with van der Waals surface area (Å²) in [6.07, 6.45) is 2.18. The van der Waals surface area contributed by atoms with Crippen LogP contribution in [0.4, 0.5) is 4.39 Å². The van der Waals surface area contributed by atoms with E-state index in [0.29, 0.717) is 31.8 Å². The molecule has 2 atom stereocenters. The largest absolute Gasteiger partial charge is 0.487 e. The molecule has 4 nitrogen and oxygen atoms in total. The van der Waals surface area contributed by atoms with E-state index in [9.17, 15) is 9.50 Å². The maximum Gasteiger partial charge on any atom is 0.165 e. The molecule has 110 valence electrons. The van der Waals surface area contributed by atoms with Gasteiger partial charge in [-0.05, 0) is 6.07 Å². The Kier molecular flexibility index (Phi) is 3.92. The number of para-hydroxylation sites is 1.